The van der Waals surface area contributed by atoms with E-state index in [-0.39, 0.29) is 24.8 Å². The monoisotopic (exact) mass is 553 g/mol. The van der Waals surface area contributed by atoms with E-state index in [1.165, 1.54) is 0 Å². The molecule has 4 aliphatic carbocycles. The molecule has 0 spiro atoms. The number of nitrogens with zero attached hydrogens (tertiary/aromatic N) is 1. The van der Waals surface area contributed by atoms with Crippen LogP contribution in [0.5, 0.6) is 0 Å². The third-order valence-electron chi connectivity index (χ3n) is 9.72. The topological polar surface area (TPSA) is 170 Å². The minimum absolute atomic E-state index is 0.0578. The van der Waals surface area contributed by atoms with Gasteiger partial charge in [0.15, 0.2) is 29.1 Å². The van der Waals surface area contributed by atoms with Crippen LogP contribution < -0.4 is 10.9 Å². The number of carboxylic acid groups (broad SMARTS) is 1. The van der Waals surface area contributed by atoms with Gasteiger partial charge in [0.2, 0.25) is 0 Å². The lowest BCUT2D eigenvalue weighted by atomic mass is 9.51. The van der Waals surface area contributed by atoms with Crippen molar-refractivity contribution in [2.24, 2.45) is 29.6 Å². The van der Waals surface area contributed by atoms with Gasteiger partial charge in [-0.2, -0.15) is 0 Å². The Morgan fingerprint density at radius 2 is 1.65 bits per heavy atom. The number of rotatable bonds is 5. The van der Waals surface area contributed by atoms with E-state index in [1.54, 1.807) is 51.0 Å². The van der Waals surface area contributed by atoms with Gasteiger partial charge in [0.05, 0.1) is 23.5 Å². The third-order valence-corrected chi connectivity index (χ3v) is 9.72. The van der Waals surface area contributed by atoms with E-state index in [2.05, 4.69) is 10.9 Å². The summed E-state index contributed by atoms with van der Waals surface area (Å²) in [6.07, 6.45) is 1.87. The van der Waals surface area contributed by atoms with Crippen LogP contribution >= 0.6 is 0 Å². The lowest BCUT2D eigenvalue weighted by Gasteiger charge is -2.52. The first-order chi connectivity index (χ1) is 18.7. The highest BCUT2D eigenvalue weighted by molar-refractivity contribution is 6.29. The predicted octanol–water partition coefficient (Wildman–Crippen LogP) is 0.553. The number of benzene rings is 1. The van der Waals surface area contributed by atoms with Crippen LogP contribution in [-0.4, -0.2) is 75.8 Å². The van der Waals surface area contributed by atoms with Gasteiger partial charge in [-0.3, -0.25) is 39.1 Å². The first-order valence-electron chi connectivity index (χ1n) is 13.7. The Morgan fingerprint density at radius 1 is 1.00 bits per heavy atom. The van der Waals surface area contributed by atoms with Crippen LogP contribution in [0, 0.1) is 36.5 Å². The molecule has 7 atom stereocenters. The van der Waals surface area contributed by atoms with E-state index in [9.17, 15) is 39.0 Å². The maximum atomic E-state index is 14.1. The number of likely N-dealkylation sites (N-methyl/N-ethyl adjacent to an activating group) is 1. The Balaban J connectivity index is 1.51. The number of hydrogen-bond acceptors (Lipinski definition) is 9. The molecule has 0 bridgehead atoms. The number of fused-ring (bicyclic) bond motifs is 3. The summed E-state index contributed by atoms with van der Waals surface area (Å²) in [7, 11) is 3.22. The van der Waals surface area contributed by atoms with E-state index >= 15 is 0 Å². The molecule has 40 heavy (non-hydrogen) atoms. The molecule has 3 fully saturated rings. The van der Waals surface area contributed by atoms with E-state index < -0.39 is 81.8 Å². The Bertz CT molecular complexity index is 1330. The lowest BCUT2D eigenvalue weighted by Crippen LogP contribution is -2.67. The van der Waals surface area contributed by atoms with Crippen LogP contribution in [0.2, 0.25) is 0 Å². The zero-order valence-electron chi connectivity index (χ0n) is 23.0. The molecule has 4 unspecified atom stereocenters. The smallest absolute Gasteiger partial charge is 0.325 e. The van der Waals surface area contributed by atoms with Gasteiger partial charge in [0, 0.05) is 11.5 Å². The molecule has 11 heteroatoms. The van der Waals surface area contributed by atoms with Crippen molar-refractivity contribution in [3.05, 3.63) is 34.9 Å². The van der Waals surface area contributed by atoms with Crippen LogP contribution in [0.4, 0.5) is 0 Å². The number of aryl methyl sites for hydroxylation is 1. The summed E-state index contributed by atoms with van der Waals surface area (Å²) in [5.74, 6) is -11.1. The molecule has 0 saturated heterocycles. The number of carboxylic acids is 1. The number of nitrogens with one attached hydrogen (secondary N) is 2. The summed E-state index contributed by atoms with van der Waals surface area (Å²) >= 11 is 0. The molecule has 11 nitrogen and oxygen atoms in total. The summed E-state index contributed by atoms with van der Waals surface area (Å²) in [4.78, 5) is 82.1. The Kier molecular flexibility index (Phi) is 6.83. The minimum Gasteiger partial charge on any atom is -0.480 e. The summed E-state index contributed by atoms with van der Waals surface area (Å²) < 4.78 is 0. The van der Waals surface area contributed by atoms with Gasteiger partial charge in [-0.15, -0.1) is 0 Å². The van der Waals surface area contributed by atoms with Crippen molar-refractivity contribution in [2.45, 2.75) is 63.1 Å². The fourth-order valence-electron chi connectivity index (χ4n) is 7.69. The summed E-state index contributed by atoms with van der Waals surface area (Å²) in [5.41, 5.74) is 3.17. The average molecular weight is 554 g/mol. The maximum absolute atomic E-state index is 14.1. The SMILES string of the molecule is Cc1cccc2c1C(=O)C1C(=O)C3C(=O)C(C(=O)NNC4(C(=O)O)CCCC4)C(=O)[C@@H](N(C)C)[C@@H]3C[C@@H]1C2(C)O. The van der Waals surface area contributed by atoms with Crippen molar-refractivity contribution in [2.75, 3.05) is 14.1 Å². The van der Waals surface area contributed by atoms with Gasteiger partial charge in [-0.25, -0.2) is 5.43 Å². The first-order valence-corrected chi connectivity index (χ1v) is 13.7. The maximum Gasteiger partial charge on any atom is 0.325 e. The van der Waals surface area contributed by atoms with Crippen LogP contribution in [0.15, 0.2) is 18.2 Å². The molecule has 0 heterocycles. The molecule has 5 rings (SSSR count). The largest absolute Gasteiger partial charge is 0.480 e. The zero-order chi connectivity index (χ0) is 29.3. The van der Waals surface area contributed by atoms with Crippen molar-refractivity contribution in [1.82, 2.24) is 15.8 Å². The molecule has 0 aromatic heterocycles. The fourth-order valence-corrected chi connectivity index (χ4v) is 7.69. The van der Waals surface area contributed by atoms with Crippen LogP contribution in [0.25, 0.3) is 0 Å². The minimum atomic E-state index is -1.85. The quantitative estimate of drug-likeness (QED) is 0.298. The number of aliphatic hydroxyl groups is 1. The van der Waals surface area contributed by atoms with E-state index in [1.807, 2.05) is 0 Å². The van der Waals surface area contributed by atoms with Crippen molar-refractivity contribution >= 4 is 35.0 Å². The number of ketones is 4. The van der Waals surface area contributed by atoms with Crippen LogP contribution in [0.1, 0.15) is 60.5 Å². The normalized spacial score (nSPS) is 34.8. The molecule has 0 aliphatic heterocycles. The molecular weight excluding hydrogens is 518 g/mol. The van der Waals surface area contributed by atoms with Crippen LogP contribution in [-0.2, 0) is 29.6 Å². The molecule has 1 aromatic carbocycles. The summed E-state index contributed by atoms with van der Waals surface area (Å²) in [6.45, 7) is 3.28. The number of hydrazine groups is 1. The molecular formula is C29H35N3O8. The van der Waals surface area contributed by atoms with E-state index in [4.69, 9.17) is 0 Å². The zero-order valence-corrected chi connectivity index (χ0v) is 23.0. The molecule has 214 valence electrons. The van der Waals surface area contributed by atoms with Crippen LogP contribution in [0.3, 0.4) is 0 Å². The second-order valence-corrected chi connectivity index (χ2v) is 12.2. The Hall–Kier alpha value is -3.28. The van der Waals surface area contributed by atoms with Gasteiger partial charge in [-0.1, -0.05) is 31.0 Å². The predicted molar refractivity (Wildman–Crippen MR) is 140 cm³/mol. The highest BCUT2D eigenvalue weighted by Gasteiger charge is 2.64. The van der Waals surface area contributed by atoms with Crippen molar-refractivity contribution in [3.8, 4) is 0 Å². The van der Waals surface area contributed by atoms with Crippen molar-refractivity contribution in [3.63, 3.8) is 0 Å². The van der Waals surface area contributed by atoms with Gasteiger partial charge >= 0.3 is 5.97 Å². The van der Waals surface area contributed by atoms with Gasteiger partial charge in [0.25, 0.3) is 5.91 Å². The van der Waals surface area contributed by atoms with E-state index in [0.29, 0.717) is 24.0 Å². The number of carbonyl (C=O) groups is 6. The van der Waals surface area contributed by atoms with Gasteiger partial charge < -0.3 is 10.2 Å². The Labute approximate surface area is 231 Å². The number of Topliss-reactive ketones (excluding diaryl/α,β-unsaturated/α-hetero) is 4. The molecule has 3 saturated carbocycles. The summed E-state index contributed by atoms with van der Waals surface area (Å²) in [6, 6.07) is 4.11. The molecule has 4 N–H and O–H groups in total. The van der Waals surface area contributed by atoms with Gasteiger partial charge in [-0.05, 0) is 64.3 Å². The first kappa shape index (κ1) is 28.3. The molecule has 1 aromatic rings. The highest BCUT2D eigenvalue weighted by Crippen LogP contribution is 2.53. The standard InChI is InChI=1S/C29H35N3O8/c1-13-8-7-9-15-17(13)22(33)19-16(28(15,2)40)12-14-18(23(19)34)24(35)20(25(36)21(14)32(3)4)26(37)30-31-29(27(38)39)10-5-6-11-29/h7-9,14,16,18-21,31,40H,5-6,10-12H2,1-4H3,(H,30,37)(H,38,39)/t14-,16+,18?,19?,20?,21+,28?/m1/s1. The summed E-state index contributed by atoms with van der Waals surface area (Å²) in [5, 5.41) is 21.4. The van der Waals surface area contributed by atoms with Crippen molar-refractivity contribution < 1.29 is 39.0 Å². The lowest BCUT2D eigenvalue weighted by molar-refractivity contribution is -0.163. The second-order valence-electron chi connectivity index (χ2n) is 12.2. The Morgan fingerprint density at radius 3 is 2.25 bits per heavy atom. The van der Waals surface area contributed by atoms with Crippen molar-refractivity contribution in [1.29, 1.82) is 0 Å². The number of hydrogen-bond donors (Lipinski definition) is 4. The average Bonchev–Trinajstić information content (AvgIpc) is 3.36. The van der Waals surface area contributed by atoms with E-state index in [0.717, 1.165) is 0 Å². The molecule has 0 radical (unpaired) electrons. The number of carbonyl (C=O) groups excluding carboxylic acids is 5. The number of aliphatic carboxylic acids is 1. The molecule has 4 aliphatic rings. The van der Waals surface area contributed by atoms with Gasteiger partial charge in [0.1, 0.15) is 5.54 Å². The fraction of sp³-hybridized carbons (Fsp3) is 0.586. The highest BCUT2D eigenvalue weighted by atomic mass is 16.4. The third kappa shape index (κ3) is 3.97. The second kappa shape index (κ2) is 9.67. The number of amides is 1. The molecule has 1 amide bonds.